The van der Waals surface area contributed by atoms with Gasteiger partial charge in [0.25, 0.3) is 0 Å². The largest absolute Gasteiger partial charge is 0.491 e. The third-order valence-electron chi connectivity index (χ3n) is 3.96. The Labute approximate surface area is 178 Å². The summed E-state index contributed by atoms with van der Waals surface area (Å²) in [5, 5.41) is 0. The topological polar surface area (TPSA) is 124 Å². The molecule has 0 atom stereocenters. The lowest BCUT2D eigenvalue weighted by molar-refractivity contribution is 0.0377. The summed E-state index contributed by atoms with van der Waals surface area (Å²) < 4.78 is 33.0. The zero-order valence-electron chi connectivity index (χ0n) is 18.2. The van der Waals surface area contributed by atoms with E-state index in [2.05, 4.69) is 0 Å². The van der Waals surface area contributed by atoms with E-state index in [1.165, 1.54) is 6.92 Å². The molecule has 1 aromatic carbocycles. The maximum atomic E-state index is 11.9. The van der Waals surface area contributed by atoms with Crippen molar-refractivity contribution in [1.82, 2.24) is 0 Å². The van der Waals surface area contributed by atoms with E-state index in [0.717, 1.165) is 5.56 Å². The predicted molar refractivity (Wildman–Crippen MR) is 114 cm³/mol. The van der Waals surface area contributed by atoms with E-state index in [4.69, 9.17) is 39.9 Å². The first-order valence-corrected chi connectivity index (χ1v) is 10.2. The summed E-state index contributed by atoms with van der Waals surface area (Å²) in [4.78, 5) is 11.9. The molecule has 1 rings (SSSR count). The van der Waals surface area contributed by atoms with Crippen LogP contribution in [0, 0.1) is 6.92 Å². The molecule has 0 unspecified atom stereocenters. The normalized spacial score (nSPS) is 10.9. The van der Waals surface area contributed by atoms with E-state index in [1.54, 1.807) is 12.1 Å². The highest BCUT2D eigenvalue weighted by Gasteiger charge is 2.12. The fraction of sp³-hybridized carbons (Fsp3) is 0.667. The highest BCUT2D eigenvalue weighted by Crippen LogP contribution is 2.30. The molecule has 0 aromatic heterocycles. The van der Waals surface area contributed by atoms with E-state index in [9.17, 15) is 4.79 Å². The number of benzene rings is 1. The van der Waals surface area contributed by atoms with Crippen LogP contribution in [-0.4, -0.2) is 84.9 Å². The molecular weight excluding hydrogens is 392 g/mol. The van der Waals surface area contributed by atoms with Crippen molar-refractivity contribution in [2.45, 2.75) is 13.8 Å². The summed E-state index contributed by atoms with van der Waals surface area (Å²) in [5.74, 6) is 1.12. The zero-order valence-corrected chi connectivity index (χ0v) is 18.2. The second kappa shape index (κ2) is 17.0. The summed E-state index contributed by atoms with van der Waals surface area (Å²) in [7, 11) is 0. The second-order valence-corrected chi connectivity index (χ2v) is 6.38. The third kappa shape index (κ3) is 11.4. The smallest absolute Gasteiger partial charge is 0.160 e. The quantitative estimate of drug-likeness (QED) is 0.245. The fourth-order valence-corrected chi connectivity index (χ4v) is 2.40. The van der Waals surface area contributed by atoms with Gasteiger partial charge in [-0.05, 0) is 26.0 Å². The third-order valence-corrected chi connectivity index (χ3v) is 3.96. The number of rotatable bonds is 19. The first kappa shape index (κ1) is 26.3. The van der Waals surface area contributed by atoms with E-state index in [-0.39, 0.29) is 5.78 Å². The number of nitrogens with two attached hydrogens (primary N) is 2. The van der Waals surface area contributed by atoms with Crippen molar-refractivity contribution in [3.8, 4) is 11.5 Å². The predicted octanol–water partition coefficient (Wildman–Crippen LogP) is 0.939. The molecule has 0 heterocycles. The average molecular weight is 429 g/mol. The molecule has 0 fully saturated rings. The molecule has 9 nitrogen and oxygen atoms in total. The number of hydrogen-bond donors (Lipinski definition) is 2. The Morgan fingerprint density at radius 3 is 1.43 bits per heavy atom. The number of ether oxygens (including phenoxy) is 6. The highest BCUT2D eigenvalue weighted by molar-refractivity contribution is 5.95. The van der Waals surface area contributed by atoms with Gasteiger partial charge in [0.1, 0.15) is 24.7 Å². The van der Waals surface area contributed by atoms with Gasteiger partial charge >= 0.3 is 0 Å². The molecule has 0 saturated carbocycles. The van der Waals surface area contributed by atoms with Gasteiger partial charge in [0.15, 0.2) is 5.78 Å². The molecule has 0 aliphatic rings. The average Bonchev–Trinajstić information content (AvgIpc) is 2.73. The van der Waals surface area contributed by atoms with Gasteiger partial charge in [0.05, 0.1) is 52.9 Å². The molecular formula is C21H36N2O7. The molecule has 172 valence electrons. The van der Waals surface area contributed by atoms with Crippen LogP contribution in [0.5, 0.6) is 11.5 Å². The van der Waals surface area contributed by atoms with Crippen LogP contribution in [0.1, 0.15) is 22.8 Å². The van der Waals surface area contributed by atoms with Crippen LogP contribution in [0.25, 0.3) is 0 Å². The molecule has 9 heteroatoms. The van der Waals surface area contributed by atoms with Crippen molar-refractivity contribution >= 4 is 5.78 Å². The van der Waals surface area contributed by atoms with Crippen LogP contribution in [0.15, 0.2) is 12.1 Å². The first-order chi connectivity index (χ1) is 14.6. The van der Waals surface area contributed by atoms with Gasteiger partial charge in [0.2, 0.25) is 0 Å². The van der Waals surface area contributed by atoms with Gasteiger partial charge in [-0.3, -0.25) is 4.79 Å². The number of carbonyl (C=O) groups excluding carboxylic acids is 1. The maximum Gasteiger partial charge on any atom is 0.160 e. The van der Waals surface area contributed by atoms with Gasteiger partial charge in [-0.2, -0.15) is 0 Å². The van der Waals surface area contributed by atoms with Crippen LogP contribution in [0.3, 0.4) is 0 Å². The minimum atomic E-state index is -0.0636. The van der Waals surface area contributed by atoms with E-state index in [0.29, 0.717) is 96.2 Å². The summed E-state index contributed by atoms with van der Waals surface area (Å²) in [5.41, 5.74) is 12.0. The lowest BCUT2D eigenvalue weighted by Gasteiger charge is -2.16. The molecule has 1 aromatic rings. The molecule has 30 heavy (non-hydrogen) atoms. The minimum Gasteiger partial charge on any atom is -0.491 e. The Morgan fingerprint density at radius 1 is 0.700 bits per heavy atom. The van der Waals surface area contributed by atoms with Crippen molar-refractivity contribution in [2.75, 3.05) is 79.2 Å². The van der Waals surface area contributed by atoms with Crippen LogP contribution >= 0.6 is 0 Å². The SMILES string of the molecule is CC(=O)c1cc(OCCOCCOCCN)c(C)c(OCCOCCOCCN)c1. The van der Waals surface area contributed by atoms with Crippen LogP contribution < -0.4 is 20.9 Å². The minimum absolute atomic E-state index is 0.0636. The van der Waals surface area contributed by atoms with Gasteiger partial charge < -0.3 is 39.9 Å². The summed E-state index contributed by atoms with van der Waals surface area (Å²) in [6.45, 7) is 8.88. The van der Waals surface area contributed by atoms with Gasteiger partial charge in [-0.15, -0.1) is 0 Å². The standard InChI is InChI=1S/C21H36N2O7/c1-17-20(29-13-11-27-9-7-25-5-3-22)15-19(18(2)24)16-21(17)30-14-12-28-10-8-26-6-4-23/h15-16H,3-14,22-23H2,1-2H3. The molecule has 0 aliphatic heterocycles. The van der Waals surface area contributed by atoms with E-state index >= 15 is 0 Å². The second-order valence-electron chi connectivity index (χ2n) is 6.38. The molecule has 0 aliphatic carbocycles. The van der Waals surface area contributed by atoms with Crippen molar-refractivity contribution < 1.29 is 33.2 Å². The van der Waals surface area contributed by atoms with Crippen LogP contribution in [0.4, 0.5) is 0 Å². The van der Waals surface area contributed by atoms with Gasteiger partial charge in [-0.25, -0.2) is 0 Å². The van der Waals surface area contributed by atoms with E-state index in [1.807, 2.05) is 6.92 Å². The van der Waals surface area contributed by atoms with Crippen molar-refractivity contribution in [1.29, 1.82) is 0 Å². The van der Waals surface area contributed by atoms with E-state index < -0.39 is 0 Å². The van der Waals surface area contributed by atoms with Gasteiger partial charge in [0, 0.05) is 24.2 Å². The Kier molecular flexibility index (Phi) is 14.9. The Morgan fingerprint density at radius 2 is 1.07 bits per heavy atom. The number of carbonyl (C=O) groups is 1. The Balaban J connectivity index is 2.44. The lowest BCUT2D eigenvalue weighted by Crippen LogP contribution is -2.15. The van der Waals surface area contributed by atoms with Gasteiger partial charge in [-0.1, -0.05) is 0 Å². The number of Topliss-reactive ketones (excluding diaryl/α,β-unsaturated/α-hetero) is 1. The molecule has 4 N–H and O–H groups in total. The zero-order chi connectivity index (χ0) is 22.0. The Bertz CT molecular complexity index is 558. The first-order valence-electron chi connectivity index (χ1n) is 10.2. The molecule has 0 saturated heterocycles. The summed E-state index contributed by atoms with van der Waals surface area (Å²) >= 11 is 0. The summed E-state index contributed by atoms with van der Waals surface area (Å²) in [6.07, 6.45) is 0. The van der Waals surface area contributed by atoms with Crippen LogP contribution in [-0.2, 0) is 18.9 Å². The highest BCUT2D eigenvalue weighted by atomic mass is 16.6. The number of ketones is 1. The monoisotopic (exact) mass is 428 g/mol. The van der Waals surface area contributed by atoms with Crippen molar-refractivity contribution in [3.63, 3.8) is 0 Å². The molecule has 0 radical (unpaired) electrons. The molecule has 0 amide bonds. The molecule has 0 spiro atoms. The fourth-order valence-electron chi connectivity index (χ4n) is 2.40. The number of hydrogen-bond acceptors (Lipinski definition) is 9. The van der Waals surface area contributed by atoms with Crippen molar-refractivity contribution in [3.05, 3.63) is 23.3 Å². The van der Waals surface area contributed by atoms with Crippen LogP contribution in [0.2, 0.25) is 0 Å². The van der Waals surface area contributed by atoms with Crippen molar-refractivity contribution in [2.24, 2.45) is 11.5 Å². The Hall–Kier alpha value is -1.75. The maximum absolute atomic E-state index is 11.9. The molecule has 0 bridgehead atoms. The lowest BCUT2D eigenvalue weighted by atomic mass is 10.1. The summed E-state index contributed by atoms with van der Waals surface area (Å²) in [6, 6.07) is 3.44.